The molecule has 3 rings (SSSR count). The molecule has 0 aliphatic carbocycles. The first-order valence-electron chi connectivity index (χ1n) is 8.08. The van der Waals surface area contributed by atoms with Gasteiger partial charge in [-0.2, -0.15) is 0 Å². The molecular weight excluding hydrogens is 326 g/mol. The molecule has 2 amide bonds. The molecule has 0 unspecified atom stereocenters. The number of nitrogens with zero attached hydrogens (tertiary/aromatic N) is 3. The van der Waals surface area contributed by atoms with E-state index in [9.17, 15) is 14.7 Å². The molecule has 0 aromatic heterocycles. The molecule has 1 aromatic carbocycles. The molecule has 7 heteroatoms. The van der Waals surface area contributed by atoms with E-state index in [0.717, 1.165) is 13.1 Å². The number of hydrogen-bond acceptors (Lipinski definition) is 5. The van der Waals surface area contributed by atoms with Crippen molar-refractivity contribution in [2.45, 2.75) is 23.5 Å². The van der Waals surface area contributed by atoms with Gasteiger partial charge >= 0.3 is 0 Å². The quantitative estimate of drug-likeness (QED) is 0.790. The fraction of sp³-hybridized carbons (Fsp3) is 0.529. The summed E-state index contributed by atoms with van der Waals surface area (Å²) in [5.41, 5.74) is 1.21. The lowest BCUT2D eigenvalue weighted by Crippen LogP contribution is -2.69. The van der Waals surface area contributed by atoms with Crippen molar-refractivity contribution < 1.29 is 14.7 Å². The predicted octanol–water partition coefficient (Wildman–Crippen LogP) is 0.254. The number of likely N-dealkylation sites (N-methyl/N-ethyl adjacent to an activating group) is 1. The van der Waals surface area contributed by atoms with Crippen LogP contribution in [0.1, 0.15) is 5.56 Å². The summed E-state index contributed by atoms with van der Waals surface area (Å²) in [5, 5.41) is 9.38. The Balaban J connectivity index is 1.71. The number of rotatable bonds is 4. The van der Waals surface area contributed by atoms with Crippen molar-refractivity contribution in [3.63, 3.8) is 0 Å². The number of benzene rings is 1. The van der Waals surface area contributed by atoms with E-state index in [1.54, 1.807) is 23.7 Å². The van der Waals surface area contributed by atoms with Gasteiger partial charge in [-0.15, -0.1) is 11.8 Å². The molecule has 1 aromatic rings. The summed E-state index contributed by atoms with van der Waals surface area (Å²) in [6, 6.07) is 7.21. The average Bonchev–Trinajstić information content (AvgIpc) is 2.60. The van der Waals surface area contributed by atoms with Crippen LogP contribution in [0.5, 0.6) is 0 Å². The fourth-order valence-electron chi connectivity index (χ4n) is 3.43. The van der Waals surface area contributed by atoms with E-state index in [1.807, 2.05) is 6.07 Å². The zero-order valence-corrected chi connectivity index (χ0v) is 14.8. The van der Waals surface area contributed by atoms with Crippen LogP contribution in [0.3, 0.4) is 0 Å². The molecule has 1 N–H and O–H groups in total. The highest BCUT2D eigenvalue weighted by molar-refractivity contribution is 7.98. The van der Waals surface area contributed by atoms with Gasteiger partial charge in [-0.3, -0.25) is 14.5 Å². The average molecular weight is 349 g/mol. The highest BCUT2D eigenvalue weighted by atomic mass is 32.2. The molecule has 2 aliphatic rings. The minimum Gasteiger partial charge on any atom is -0.394 e. The smallest absolute Gasteiger partial charge is 0.248 e. The van der Waals surface area contributed by atoms with Crippen molar-refractivity contribution in [1.82, 2.24) is 14.7 Å². The van der Waals surface area contributed by atoms with Crippen LogP contribution in [-0.2, 0) is 16.1 Å². The molecule has 2 atom stereocenters. The Bertz CT molecular complexity index is 639. The summed E-state index contributed by atoms with van der Waals surface area (Å²) in [5.74, 6) is -0.232. The molecular formula is C17H23N3O3S. The van der Waals surface area contributed by atoms with E-state index in [0.29, 0.717) is 13.1 Å². The summed E-state index contributed by atoms with van der Waals surface area (Å²) >= 11 is 1.71. The maximum atomic E-state index is 12.6. The Labute approximate surface area is 146 Å². The number of thioether (sulfide) groups is 1. The fourth-order valence-corrected chi connectivity index (χ4v) is 3.92. The second kappa shape index (κ2) is 7.13. The topological polar surface area (TPSA) is 64.1 Å². The third-order valence-corrected chi connectivity index (χ3v) is 5.57. The van der Waals surface area contributed by atoms with Crippen LogP contribution in [0.15, 0.2) is 29.2 Å². The number of piperazine rings is 2. The van der Waals surface area contributed by atoms with Crippen molar-refractivity contribution in [2.75, 3.05) is 39.5 Å². The highest BCUT2D eigenvalue weighted by Gasteiger charge is 2.46. The first-order valence-corrected chi connectivity index (χ1v) is 9.31. The zero-order valence-electron chi connectivity index (χ0n) is 14.0. The van der Waals surface area contributed by atoms with Crippen molar-refractivity contribution in [2.24, 2.45) is 0 Å². The number of fused-ring (bicyclic) bond motifs is 1. The maximum Gasteiger partial charge on any atom is 0.248 e. The normalized spacial score (nSPS) is 25.1. The van der Waals surface area contributed by atoms with Crippen molar-refractivity contribution in [3.8, 4) is 0 Å². The molecule has 0 saturated carbocycles. The van der Waals surface area contributed by atoms with Gasteiger partial charge in [0.25, 0.3) is 0 Å². The zero-order chi connectivity index (χ0) is 17.3. The van der Waals surface area contributed by atoms with Crippen LogP contribution in [0.25, 0.3) is 0 Å². The Morgan fingerprint density at radius 2 is 2.04 bits per heavy atom. The number of aliphatic hydroxyl groups is 1. The molecule has 0 bridgehead atoms. The molecule has 2 fully saturated rings. The standard InChI is InChI=1S/C17H23N3O3S/c1-18-15(11-21)17(23)20-7-6-19(10-14(20)16(18)22)9-12-4-3-5-13(8-12)24-2/h3-5,8,14-15,21H,6-7,9-11H2,1-2H3/t14-,15+/m1/s1. The van der Waals surface area contributed by atoms with Gasteiger partial charge in [0.15, 0.2) is 0 Å². The minimum atomic E-state index is -0.737. The first-order chi connectivity index (χ1) is 11.5. The number of carbonyl (C=O) groups excluding carboxylic acids is 2. The van der Waals surface area contributed by atoms with Gasteiger partial charge in [0.05, 0.1) is 6.61 Å². The van der Waals surface area contributed by atoms with E-state index < -0.39 is 12.1 Å². The minimum absolute atomic E-state index is 0.0868. The molecule has 24 heavy (non-hydrogen) atoms. The van der Waals surface area contributed by atoms with Gasteiger partial charge in [-0.05, 0) is 24.0 Å². The molecule has 0 spiro atoms. The molecule has 2 heterocycles. The summed E-state index contributed by atoms with van der Waals surface area (Å²) in [7, 11) is 1.60. The number of aliphatic hydroxyl groups excluding tert-OH is 1. The Kier molecular flexibility index (Phi) is 5.12. The Morgan fingerprint density at radius 3 is 2.75 bits per heavy atom. The lowest BCUT2D eigenvalue weighted by molar-refractivity contribution is -0.165. The maximum absolute atomic E-state index is 12.6. The van der Waals surface area contributed by atoms with Crippen LogP contribution >= 0.6 is 11.8 Å². The lowest BCUT2D eigenvalue weighted by Gasteiger charge is -2.48. The summed E-state index contributed by atoms with van der Waals surface area (Å²) < 4.78 is 0. The van der Waals surface area contributed by atoms with Gasteiger partial charge < -0.3 is 14.9 Å². The summed E-state index contributed by atoms with van der Waals surface area (Å²) in [6.07, 6.45) is 2.05. The van der Waals surface area contributed by atoms with Gasteiger partial charge in [0.1, 0.15) is 12.1 Å². The second-order valence-electron chi connectivity index (χ2n) is 6.28. The van der Waals surface area contributed by atoms with Gasteiger partial charge in [0, 0.05) is 38.1 Å². The molecule has 2 saturated heterocycles. The number of amides is 2. The van der Waals surface area contributed by atoms with E-state index >= 15 is 0 Å². The molecule has 0 radical (unpaired) electrons. The van der Waals surface area contributed by atoms with Crippen LogP contribution in [0.4, 0.5) is 0 Å². The second-order valence-corrected chi connectivity index (χ2v) is 7.16. The Hall–Kier alpha value is -1.57. The molecule has 6 nitrogen and oxygen atoms in total. The third-order valence-electron chi connectivity index (χ3n) is 4.85. The van der Waals surface area contributed by atoms with Crippen molar-refractivity contribution >= 4 is 23.6 Å². The van der Waals surface area contributed by atoms with Gasteiger partial charge in [0.2, 0.25) is 11.8 Å². The monoisotopic (exact) mass is 349 g/mol. The van der Waals surface area contributed by atoms with Crippen LogP contribution in [-0.4, -0.2) is 83.2 Å². The lowest BCUT2D eigenvalue weighted by atomic mass is 10.0. The number of hydrogen-bond donors (Lipinski definition) is 1. The molecule has 2 aliphatic heterocycles. The van der Waals surface area contributed by atoms with Crippen LogP contribution in [0.2, 0.25) is 0 Å². The third kappa shape index (κ3) is 3.16. The van der Waals surface area contributed by atoms with E-state index in [1.165, 1.54) is 15.4 Å². The van der Waals surface area contributed by atoms with E-state index in [4.69, 9.17) is 0 Å². The summed E-state index contributed by atoms with van der Waals surface area (Å²) in [4.78, 5) is 31.5. The number of carbonyl (C=O) groups is 2. The SMILES string of the molecule is CSc1cccc(CN2CCN3C(=O)[C@H](CO)N(C)C(=O)[C@H]3C2)c1. The van der Waals surface area contributed by atoms with Crippen molar-refractivity contribution in [3.05, 3.63) is 29.8 Å². The summed E-state index contributed by atoms with van der Waals surface area (Å²) in [6.45, 7) is 2.25. The van der Waals surface area contributed by atoms with Gasteiger partial charge in [-0.1, -0.05) is 12.1 Å². The predicted molar refractivity (Wildman–Crippen MR) is 92.6 cm³/mol. The largest absolute Gasteiger partial charge is 0.394 e. The van der Waals surface area contributed by atoms with Crippen LogP contribution < -0.4 is 0 Å². The molecule has 130 valence electrons. The van der Waals surface area contributed by atoms with Crippen molar-refractivity contribution in [1.29, 1.82) is 0 Å². The van der Waals surface area contributed by atoms with Gasteiger partial charge in [-0.25, -0.2) is 0 Å². The van der Waals surface area contributed by atoms with E-state index in [2.05, 4.69) is 29.4 Å². The first kappa shape index (κ1) is 17.3. The van der Waals surface area contributed by atoms with E-state index in [-0.39, 0.29) is 18.4 Å². The highest BCUT2D eigenvalue weighted by Crippen LogP contribution is 2.23. The van der Waals surface area contributed by atoms with Crippen LogP contribution in [0, 0.1) is 0 Å². The Morgan fingerprint density at radius 1 is 1.25 bits per heavy atom.